The molecule has 0 saturated heterocycles. The van der Waals surface area contributed by atoms with E-state index in [1.54, 1.807) is 19.2 Å². The summed E-state index contributed by atoms with van der Waals surface area (Å²) in [5.41, 5.74) is 2.55. The molecule has 2 heteroatoms. The van der Waals surface area contributed by atoms with Crippen molar-refractivity contribution in [3.05, 3.63) is 53.8 Å². The van der Waals surface area contributed by atoms with Crippen LogP contribution in [0, 0.1) is 12.7 Å². The van der Waals surface area contributed by atoms with Gasteiger partial charge in [0.1, 0.15) is 11.6 Å². The largest absolute Gasteiger partial charge is 0.497 e. The molecule has 0 heterocycles. The van der Waals surface area contributed by atoms with Crippen LogP contribution in [0.1, 0.15) is 5.56 Å². The van der Waals surface area contributed by atoms with E-state index in [1.165, 1.54) is 6.07 Å². The summed E-state index contributed by atoms with van der Waals surface area (Å²) in [5, 5.41) is 0. The molecule has 0 aliphatic heterocycles. The number of halogens is 1. The van der Waals surface area contributed by atoms with E-state index in [0.717, 1.165) is 11.1 Å². The highest BCUT2D eigenvalue weighted by Crippen LogP contribution is 2.27. The van der Waals surface area contributed by atoms with Crippen molar-refractivity contribution in [2.45, 2.75) is 6.92 Å². The maximum absolute atomic E-state index is 13.7. The molecule has 1 nitrogen and oxygen atoms in total. The van der Waals surface area contributed by atoms with Crippen LogP contribution in [0.15, 0.2) is 42.5 Å². The van der Waals surface area contributed by atoms with Crippen LogP contribution in [0.2, 0.25) is 0 Å². The van der Waals surface area contributed by atoms with Crippen LogP contribution in [0.4, 0.5) is 4.39 Å². The smallest absolute Gasteiger partial charge is 0.131 e. The van der Waals surface area contributed by atoms with Crippen molar-refractivity contribution in [1.82, 2.24) is 0 Å². The van der Waals surface area contributed by atoms with E-state index in [1.807, 2.05) is 31.2 Å². The number of rotatable bonds is 2. The fourth-order valence-corrected chi connectivity index (χ4v) is 1.67. The summed E-state index contributed by atoms with van der Waals surface area (Å²) in [5.74, 6) is 0.435. The standard InChI is InChI=1S/C14H13FO/c1-10-4-3-5-11(8-10)13-9-12(16-2)6-7-14(13)15/h3-9H,1-2H3. The van der Waals surface area contributed by atoms with Crippen molar-refractivity contribution in [2.75, 3.05) is 7.11 Å². The molecule has 0 amide bonds. The van der Waals surface area contributed by atoms with Gasteiger partial charge in [-0.3, -0.25) is 0 Å². The van der Waals surface area contributed by atoms with E-state index in [4.69, 9.17) is 4.74 Å². The third kappa shape index (κ3) is 2.06. The Kier molecular flexibility index (Phi) is 2.91. The lowest BCUT2D eigenvalue weighted by atomic mass is 10.0. The summed E-state index contributed by atoms with van der Waals surface area (Å²) in [6.45, 7) is 1.99. The van der Waals surface area contributed by atoms with Crippen LogP contribution >= 0.6 is 0 Å². The van der Waals surface area contributed by atoms with Crippen LogP contribution in [0.3, 0.4) is 0 Å². The first-order chi connectivity index (χ1) is 7.70. The highest BCUT2D eigenvalue weighted by Gasteiger charge is 2.06. The van der Waals surface area contributed by atoms with Crippen molar-refractivity contribution < 1.29 is 9.13 Å². The monoisotopic (exact) mass is 216 g/mol. The highest BCUT2D eigenvalue weighted by molar-refractivity contribution is 5.66. The van der Waals surface area contributed by atoms with Gasteiger partial charge in [-0.05, 0) is 30.7 Å². The van der Waals surface area contributed by atoms with E-state index in [9.17, 15) is 4.39 Å². The quantitative estimate of drug-likeness (QED) is 0.741. The molecule has 82 valence electrons. The first-order valence-electron chi connectivity index (χ1n) is 5.11. The summed E-state index contributed by atoms with van der Waals surface area (Å²) >= 11 is 0. The lowest BCUT2D eigenvalue weighted by Crippen LogP contribution is -1.88. The van der Waals surface area contributed by atoms with E-state index in [-0.39, 0.29) is 5.82 Å². The Morgan fingerprint density at radius 1 is 1.06 bits per heavy atom. The van der Waals surface area contributed by atoms with Crippen LogP contribution in [0.25, 0.3) is 11.1 Å². The van der Waals surface area contributed by atoms with Gasteiger partial charge < -0.3 is 4.74 Å². The first kappa shape index (κ1) is 10.7. The first-order valence-corrected chi connectivity index (χ1v) is 5.11. The topological polar surface area (TPSA) is 9.23 Å². The summed E-state index contributed by atoms with van der Waals surface area (Å²) in [4.78, 5) is 0. The Bertz CT molecular complexity index is 506. The Balaban J connectivity index is 2.54. The Hall–Kier alpha value is -1.83. The van der Waals surface area contributed by atoms with Gasteiger partial charge in [0.15, 0.2) is 0 Å². The molecular weight excluding hydrogens is 203 g/mol. The van der Waals surface area contributed by atoms with Crippen molar-refractivity contribution in [2.24, 2.45) is 0 Å². The Morgan fingerprint density at radius 2 is 1.88 bits per heavy atom. The second-order valence-electron chi connectivity index (χ2n) is 3.72. The second-order valence-corrected chi connectivity index (χ2v) is 3.72. The minimum Gasteiger partial charge on any atom is -0.497 e. The average Bonchev–Trinajstić information content (AvgIpc) is 2.30. The molecule has 0 spiro atoms. The molecule has 16 heavy (non-hydrogen) atoms. The van der Waals surface area contributed by atoms with Crippen LogP contribution in [-0.2, 0) is 0 Å². The molecule has 0 aromatic heterocycles. The molecule has 0 bridgehead atoms. The molecule has 2 aromatic rings. The zero-order valence-electron chi connectivity index (χ0n) is 9.33. The second kappa shape index (κ2) is 4.35. The van der Waals surface area contributed by atoms with Gasteiger partial charge in [0.05, 0.1) is 7.11 Å². The van der Waals surface area contributed by atoms with Crippen molar-refractivity contribution >= 4 is 0 Å². The van der Waals surface area contributed by atoms with E-state index in [2.05, 4.69) is 0 Å². The fourth-order valence-electron chi connectivity index (χ4n) is 1.67. The number of hydrogen-bond acceptors (Lipinski definition) is 1. The molecular formula is C14H13FO. The minimum absolute atomic E-state index is 0.230. The number of benzene rings is 2. The number of aryl methyl sites for hydroxylation is 1. The third-order valence-corrected chi connectivity index (χ3v) is 2.50. The molecule has 0 N–H and O–H groups in total. The van der Waals surface area contributed by atoms with Gasteiger partial charge in [-0.25, -0.2) is 4.39 Å². The predicted molar refractivity (Wildman–Crippen MR) is 63.1 cm³/mol. The van der Waals surface area contributed by atoms with Crippen LogP contribution < -0.4 is 4.74 Å². The maximum Gasteiger partial charge on any atom is 0.131 e. The lowest BCUT2D eigenvalue weighted by molar-refractivity contribution is 0.414. The van der Waals surface area contributed by atoms with Crippen molar-refractivity contribution in [1.29, 1.82) is 0 Å². The van der Waals surface area contributed by atoms with Crippen molar-refractivity contribution in [3.8, 4) is 16.9 Å². The van der Waals surface area contributed by atoms with Crippen LogP contribution in [-0.4, -0.2) is 7.11 Å². The zero-order chi connectivity index (χ0) is 11.5. The van der Waals surface area contributed by atoms with Gasteiger partial charge in [0, 0.05) is 5.56 Å². The summed E-state index contributed by atoms with van der Waals surface area (Å²) < 4.78 is 18.8. The summed E-state index contributed by atoms with van der Waals surface area (Å²) in [6.07, 6.45) is 0. The minimum atomic E-state index is -0.230. The van der Waals surface area contributed by atoms with Gasteiger partial charge >= 0.3 is 0 Å². The van der Waals surface area contributed by atoms with Gasteiger partial charge in [0.2, 0.25) is 0 Å². The molecule has 0 aliphatic rings. The molecule has 0 radical (unpaired) electrons. The van der Waals surface area contributed by atoms with Crippen LogP contribution in [0.5, 0.6) is 5.75 Å². The number of methoxy groups -OCH3 is 1. The van der Waals surface area contributed by atoms with Gasteiger partial charge in [0.25, 0.3) is 0 Å². The Labute approximate surface area is 94.5 Å². The lowest BCUT2D eigenvalue weighted by Gasteiger charge is -2.07. The van der Waals surface area contributed by atoms with Gasteiger partial charge in [-0.1, -0.05) is 29.8 Å². The summed E-state index contributed by atoms with van der Waals surface area (Å²) in [6, 6.07) is 12.5. The SMILES string of the molecule is COc1ccc(F)c(-c2cccc(C)c2)c1. The third-order valence-electron chi connectivity index (χ3n) is 2.50. The van der Waals surface area contributed by atoms with E-state index >= 15 is 0 Å². The predicted octanol–water partition coefficient (Wildman–Crippen LogP) is 3.81. The van der Waals surface area contributed by atoms with E-state index in [0.29, 0.717) is 11.3 Å². The van der Waals surface area contributed by atoms with Gasteiger partial charge in [-0.2, -0.15) is 0 Å². The van der Waals surface area contributed by atoms with Crippen molar-refractivity contribution in [3.63, 3.8) is 0 Å². The zero-order valence-corrected chi connectivity index (χ0v) is 9.33. The molecule has 2 rings (SSSR count). The fraction of sp³-hybridized carbons (Fsp3) is 0.143. The van der Waals surface area contributed by atoms with E-state index < -0.39 is 0 Å². The molecule has 0 aliphatic carbocycles. The molecule has 0 unspecified atom stereocenters. The molecule has 2 aromatic carbocycles. The average molecular weight is 216 g/mol. The highest BCUT2D eigenvalue weighted by atomic mass is 19.1. The number of ether oxygens (including phenoxy) is 1. The van der Waals surface area contributed by atoms with Gasteiger partial charge in [-0.15, -0.1) is 0 Å². The summed E-state index contributed by atoms with van der Waals surface area (Å²) in [7, 11) is 1.58. The Morgan fingerprint density at radius 3 is 2.56 bits per heavy atom. The normalized spacial score (nSPS) is 10.2. The number of hydrogen-bond donors (Lipinski definition) is 0. The molecule has 0 saturated carbocycles. The molecule has 0 fully saturated rings. The molecule has 0 atom stereocenters. The maximum atomic E-state index is 13.7.